The fourth-order valence-corrected chi connectivity index (χ4v) is 2.81. The van der Waals surface area contributed by atoms with Gasteiger partial charge in [0.1, 0.15) is 11.5 Å². The van der Waals surface area contributed by atoms with E-state index in [0.717, 1.165) is 21.7 Å². The second-order valence-electron chi connectivity index (χ2n) is 3.95. The Hall–Kier alpha value is -2.01. The van der Waals surface area contributed by atoms with Crippen LogP contribution in [0.1, 0.15) is 20.9 Å². The first-order valence-corrected chi connectivity index (χ1v) is 6.23. The molecule has 0 radical (unpaired) electrons. The molecule has 0 unspecified atom stereocenters. The van der Waals surface area contributed by atoms with Crippen molar-refractivity contribution in [3.63, 3.8) is 0 Å². The highest BCUT2D eigenvalue weighted by Crippen LogP contribution is 2.21. The fraction of sp³-hybridized carbons (Fsp3) is 0.0769. The van der Waals surface area contributed by atoms with Crippen molar-refractivity contribution in [3.05, 3.63) is 58.6 Å². The number of aldehydes is 1. The van der Waals surface area contributed by atoms with Crippen LogP contribution >= 0.6 is 11.3 Å². The van der Waals surface area contributed by atoms with E-state index in [4.69, 9.17) is 0 Å². The second-order valence-corrected chi connectivity index (χ2v) is 5.05. The maximum Gasteiger partial charge on any atom is 0.194 e. The fourth-order valence-electron chi connectivity index (χ4n) is 1.82. The number of imidazole rings is 1. The molecule has 0 saturated heterocycles. The van der Waals surface area contributed by atoms with E-state index in [2.05, 4.69) is 4.98 Å². The number of benzene rings is 1. The van der Waals surface area contributed by atoms with Crippen LogP contribution < -0.4 is 0 Å². The smallest absolute Gasteiger partial charge is 0.194 e. The summed E-state index contributed by atoms with van der Waals surface area (Å²) in [5, 5.41) is 0. The zero-order valence-corrected chi connectivity index (χ0v) is 10.2. The molecule has 0 atom stereocenters. The average Bonchev–Trinajstić information content (AvgIpc) is 2.91. The molecule has 2 heterocycles. The summed E-state index contributed by atoms with van der Waals surface area (Å²) in [6, 6.07) is 6.42. The summed E-state index contributed by atoms with van der Waals surface area (Å²) in [6.07, 6.45) is 4.96. The molecule has 0 bridgehead atoms. The summed E-state index contributed by atoms with van der Waals surface area (Å²) in [4.78, 5) is 16.8. The van der Waals surface area contributed by atoms with Crippen LogP contribution in [0.25, 0.3) is 4.96 Å². The van der Waals surface area contributed by atoms with Gasteiger partial charge in [-0.1, -0.05) is 12.1 Å². The molecule has 0 amide bonds. The van der Waals surface area contributed by atoms with Crippen LogP contribution in [-0.4, -0.2) is 15.7 Å². The number of fused-ring (bicyclic) bond motifs is 1. The first-order valence-electron chi connectivity index (χ1n) is 5.41. The van der Waals surface area contributed by atoms with E-state index in [9.17, 15) is 9.18 Å². The highest BCUT2D eigenvalue weighted by Gasteiger charge is 2.07. The van der Waals surface area contributed by atoms with E-state index in [1.165, 1.54) is 23.5 Å². The summed E-state index contributed by atoms with van der Waals surface area (Å²) in [5.41, 5.74) is 1.58. The highest BCUT2D eigenvalue weighted by atomic mass is 32.1. The topological polar surface area (TPSA) is 34.4 Å². The van der Waals surface area contributed by atoms with Crippen LogP contribution in [0.2, 0.25) is 0 Å². The van der Waals surface area contributed by atoms with E-state index in [1.54, 1.807) is 22.7 Å². The lowest BCUT2D eigenvalue weighted by atomic mass is 10.1. The molecule has 2 aromatic heterocycles. The Bertz CT molecular complexity index is 699. The minimum Gasteiger partial charge on any atom is -0.296 e. The Labute approximate surface area is 107 Å². The van der Waals surface area contributed by atoms with Gasteiger partial charge in [0, 0.05) is 17.5 Å². The van der Waals surface area contributed by atoms with E-state index >= 15 is 0 Å². The van der Waals surface area contributed by atoms with Crippen LogP contribution in [0.15, 0.2) is 36.7 Å². The Morgan fingerprint density at radius 2 is 2.11 bits per heavy atom. The van der Waals surface area contributed by atoms with E-state index in [-0.39, 0.29) is 5.82 Å². The highest BCUT2D eigenvalue weighted by molar-refractivity contribution is 7.17. The van der Waals surface area contributed by atoms with Gasteiger partial charge in [-0.2, -0.15) is 0 Å². The van der Waals surface area contributed by atoms with E-state index in [0.29, 0.717) is 12.1 Å². The number of halogens is 1. The van der Waals surface area contributed by atoms with Crippen molar-refractivity contribution in [3.8, 4) is 0 Å². The Kier molecular flexibility index (Phi) is 2.68. The SMILES string of the molecule is O=Cc1cnc2sc(Cc3ccc(F)cc3)cn12. The van der Waals surface area contributed by atoms with Crippen molar-refractivity contribution in [1.82, 2.24) is 9.38 Å². The van der Waals surface area contributed by atoms with Gasteiger partial charge in [0.25, 0.3) is 0 Å². The number of carbonyl (C=O) groups excluding carboxylic acids is 1. The van der Waals surface area contributed by atoms with Gasteiger partial charge in [0.05, 0.1) is 6.20 Å². The van der Waals surface area contributed by atoms with Gasteiger partial charge < -0.3 is 0 Å². The molecule has 0 spiro atoms. The van der Waals surface area contributed by atoms with Gasteiger partial charge in [-0.15, -0.1) is 11.3 Å². The quantitative estimate of drug-likeness (QED) is 0.678. The van der Waals surface area contributed by atoms with Gasteiger partial charge in [-0.3, -0.25) is 9.20 Å². The van der Waals surface area contributed by atoms with Crippen LogP contribution in [0, 0.1) is 5.82 Å². The molecule has 18 heavy (non-hydrogen) atoms. The second kappa shape index (κ2) is 4.34. The first kappa shape index (κ1) is 11.1. The maximum absolute atomic E-state index is 12.8. The molecule has 1 aromatic carbocycles. The zero-order chi connectivity index (χ0) is 12.5. The van der Waals surface area contributed by atoms with Crippen LogP contribution in [-0.2, 0) is 6.42 Å². The van der Waals surface area contributed by atoms with Gasteiger partial charge >= 0.3 is 0 Å². The minimum atomic E-state index is -0.233. The molecular weight excluding hydrogens is 251 g/mol. The third-order valence-corrected chi connectivity index (χ3v) is 3.70. The molecule has 0 N–H and O–H groups in total. The van der Waals surface area contributed by atoms with Gasteiger partial charge in [0.2, 0.25) is 0 Å². The molecular formula is C13H9FN2OS. The van der Waals surface area contributed by atoms with E-state index in [1.807, 2.05) is 6.20 Å². The van der Waals surface area contributed by atoms with Crippen molar-refractivity contribution >= 4 is 22.6 Å². The standard InChI is InChI=1S/C13H9FN2OS/c14-10-3-1-9(2-4-10)5-12-7-16-11(8-17)6-15-13(16)18-12/h1-4,6-8H,5H2. The van der Waals surface area contributed by atoms with Crippen molar-refractivity contribution in [2.75, 3.05) is 0 Å². The average molecular weight is 260 g/mol. The van der Waals surface area contributed by atoms with Crippen LogP contribution in [0.5, 0.6) is 0 Å². The predicted octanol–water partition coefficient (Wildman–Crippen LogP) is 2.94. The molecule has 5 heteroatoms. The molecule has 0 aliphatic carbocycles. The molecule has 0 aliphatic rings. The van der Waals surface area contributed by atoms with Crippen LogP contribution in [0.3, 0.4) is 0 Å². The lowest BCUT2D eigenvalue weighted by molar-refractivity contribution is 0.111. The third kappa shape index (κ3) is 1.93. The van der Waals surface area contributed by atoms with Crippen molar-refractivity contribution in [2.24, 2.45) is 0 Å². The minimum absolute atomic E-state index is 0.233. The van der Waals surface area contributed by atoms with Crippen molar-refractivity contribution in [2.45, 2.75) is 6.42 Å². The Balaban J connectivity index is 1.92. The summed E-state index contributed by atoms with van der Waals surface area (Å²) in [6.45, 7) is 0. The molecule has 0 fully saturated rings. The maximum atomic E-state index is 12.8. The van der Waals surface area contributed by atoms with Gasteiger partial charge in [0.15, 0.2) is 11.2 Å². The first-order chi connectivity index (χ1) is 8.76. The van der Waals surface area contributed by atoms with Crippen molar-refractivity contribution in [1.29, 1.82) is 0 Å². The Morgan fingerprint density at radius 1 is 1.33 bits per heavy atom. The number of aromatic nitrogens is 2. The monoisotopic (exact) mass is 260 g/mol. The normalized spacial score (nSPS) is 10.9. The molecule has 3 aromatic rings. The Morgan fingerprint density at radius 3 is 2.83 bits per heavy atom. The molecule has 3 rings (SSSR count). The summed E-state index contributed by atoms with van der Waals surface area (Å²) in [7, 11) is 0. The summed E-state index contributed by atoms with van der Waals surface area (Å²) >= 11 is 1.53. The van der Waals surface area contributed by atoms with Gasteiger partial charge in [-0.05, 0) is 17.7 Å². The lowest BCUT2D eigenvalue weighted by Gasteiger charge is -1.97. The van der Waals surface area contributed by atoms with E-state index < -0.39 is 0 Å². The number of carbonyl (C=O) groups is 1. The third-order valence-electron chi connectivity index (χ3n) is 2.70. The molecule has 3 nitrogen and oxygen atoms in total. The number of nitrogens with zero attached hydrogens (tertiary/aromatic N) is 2. The number of rotatable bonds is 3. The lowest BCUT2D eigenvalue weighted by Crippen LogP contribution is -1.88. The summed E-state index contributed by atoms with van der Waals surface area (Å²) < 4.78 is 14.6. The predicted molar refractivity (Wildman–Crippen MR) is 67.7 cm³/mol. The summed E-state index contributed by atoms with van der Waals surface area (Å²) in [5.74, 6) is -0.233. The van der Waals surface area contributed by atoms with Gasteiger partial charge in [-0.25, -0.2) is 9.37 Å². The molecule has 90 valence electrons. The number of hydrogen-bond donors (Lipinski definition) is 0. The number of hydrogen-bond acceptors (Lipinski definition) is 3. The van der Waals surface area contributed by atoms with Crippen LogP contribution in [0.4, 0.5) is 4.39 Å². The molecule has 0 saturated carbocycles. The number of thiazole rings is 1. The zero-order valence-electron chi connectivity index (χ0n) is 9.34. The molecule has 0 aliphatic heterocycles. The van der Waals surface area contributed by atoms with Crippen molar-refractivity contribution < 1.29 is 9.18 Å². The largest absolute Gasteiger partial charge is 0.296 e.